The van der Waals surface area contributed by atoms with Crippen LogP contribution in [0, 0.1) is 13.8 Å². The lowest BCUT2D eigenvalue weighted by Crippen LogP contribution is -2.42. The highest BCUT2D eigenvalue weighted by atomic mass is 32.1. The average Bonchev–Trinajstić information content (AvgIpc) is 3.45. The number of amides is 4. The maximum atomic E-state index is 13.2. The highest BCUT2D eigenvalue weighted by Crippen LogP contribution is 2.41. The molecule has 1 aromatic heterocycles. The lowest BCUT2D eigenvalue weighted by Gasteiger charge is -2.22. The van der Waals surface area contributed by atoms with E-state index in [0.717, 1.165) is 27.3 Å². The van der Waals surface area contributed by atoms with E-state index in [2.05, 4.69) is 28.6 Å². The van der Waals surface area contributed by atoms with E-state index in [1.807, 2.05) is 48.7 Å². The largest absolute Gasteiger partial charge is 0.325 e. The Morgan fingerprint density at radius 1 is 1.19 bits per heavy atom. The minimum absolute atomic E-state index is 0.354. The van der Waals surface area contributed by atoms with Gasteiger partial charge in [0.05, 0.1) is 5.69 Å². The van der Waals surface area contributed by atoms with E-state index in [1.165, 1.54) is 22.5 Å². The quantitative estimate of drug-likeness (QED) is 0.597. The van der Waals surface area contributed by atoms with Crippen molar-refractivity contribution in [3.8, 4) is 11.3 Å². The number of aromatic nitrogens is 1. The second-order valence-electron chi connectivity index (χ2n) is 8.27. The molecule has 1 spiro atoms. The summed E-state index contributed by atoms with van der Waals surface area (Å²) in [5.74, 6) is -0.838. The van der Waals surface area contributed by atoms with Crippen LogP contribution in [0.2, 0.25) is 0 Å². The summed E-state index contributed by atoms with van der Waals surface area (Å²) in [6, 6.07) is 13.2. The first-order valence-corrected chi connectivity index (χ1v) is 11.3. The normalized spacial score (nSPS) is 19.4. The molecule has 0 saturated carbocycles. The van der Waals surface area contributed by atoms with Crippen molar-refractivity contribution < 1.29 is 14.4 Å². The van der Waals surface area contributed by atoms with E-state index in [1.54, 1.807) is 0 Å². The van der Waals surface area contributed by atoms with Crippen LogP contribution in [0.1, 0.15) is 28.7 Å². The van der Waals surface area contributed by atoms with E-state index in [9.17, 15) is 14.4 Å². The lowest BCUT2D eigenvalue weighted by atomic mass is 9.92. The number of carbonyl (C=O) groups is 3. The molecule has 1 fully saturated rings. The number of hydrogen-bond acceptors (Lipinski definition) is 5. The first kappa shape index (κ1) is 20.4. The van der Waals surface area contributed by atoms with Gasteiger partial charge in [-0.25, -0.2) is 9.78 Å². The number of thiazole rings is 1. The van der Waals surface area contributed by atoms with Crippen LogP contribution in [-0.2, 0) is 21.5 Å². The fraction of sp³-hybridized carbons (Fsp3) is 0.250. The van der Waals surface area contributed by atoms with Crippen LogP contribution in [0.4, 0.5) is 9.93 Å². The van der Waals surface area contributed by atoms with Gasteiger partial charge in [-0.1, -0.05) is 36.4 Å². The van der Waals surface area contributed by atoms with Crippen molar-refractivity contribution in [1.29, 1.82) is 0 Å². The summed E-state index contributed by atoms with van der Waals surface area (Å²) >= 11 is 1.30. The first-order chi connectivity index (χ1) is 15.4. The summed E-state index contributed by atoms with van der Waals surface area (Å²) in [6.45, 7) is 3.74. The molecule has 8 heteroatoms. The average molecular weight is 447 g/mol. The van der Waals surface area contributed by atoms with Crippen molar-refractivity contribution in [1.82, 2.24) is 15.2 Å². The molecule has 2 aliphatic rings. The molecular weight excluding hydrogens is 424 g/mol. The molecule has 1 saturated heterocycles. The number of nitrogens with zero attached hydrogens (tertiary/aromatic N) is 2. The van der Waals surface area contributed by atoms with Crippen LogP contribution < -0.4 is 10.6 Å². The van der Waals surface area contributed by atoms with E-state index in [4.69, 9.17) is 0 Å². The number of rotatable bonds is 4. The molecule has 5 rings (SSSR count). The van der Waals surface area contributed by atoms with Crippen LogP contribution in [0.15, 0.2) is 47.8 Å². The van der Waals surface area contributed by atoms with Crippen molar-refractivity contribution in [2.45, 2.75) is 32.2 Å². The fourth-order valence-corrected chi connectivity index (χ4v) is 5.14. The topological polar surface area (TPSA) is 91.4 Å². The second kappa shape index (κ2) is 7.56. The van der Waals surface area contributed by atoms with Gasteiger partial charge in [-0.2, -0.15) is 0 Å². The molecule has 2 heterocycles. The Hall–Kier alpha value is -3.52. The molecule has 4 amide bonds. The third-order valence-electron chi connectivity index (χ3n) is 6.28. The van der Waals surface area contributed by atoms with Gasteiger partial charge in [0.1, 0.15) is 12.1 Å². The Kier molecular flexibility index (Phi) is 4.82. The number of fused-ring (bicyclic) bond motifs is 2. The number of nitrogens with one attached hydrogen (secondary N) is 2. The molecule has 3 aromatic rings. The van der Waals surface area contributed by atoms with Crippen LogP contribution in [0.3, 0.4) is 0 Å². The van der Waals surface area contributed by atoms with Crippen LogP contribution in [0.5, 0.6) is 0 Å². The summed E-state index contributed by atoms with van der Waals surface area (Å²) in [6.07, 6.45) is 1.21. The van der Waals surface area contributed by atoms with Gasteiger partial charge in [-0.05, 0) is 55.0 Å². The number of hydrogen-bond donors (Lipinski definition) is 2. The molecule has 162 valence electrons. The molecule has 0 radical (unpaired) electrons. The van der Waals surface area contributed by atoms with Gasteiger partial charge in [0, 0.05) is 10.9 Å². The molecule has 1 aliphatic heterocycles. The van der Waals surface area contributed by atoms with E-state index in [-0.39, 0.29) is 12.5 Å². The van der Waals surface area contributed by atoms with Gasteiger partial charge >= 0.3 is 6.03 Å². The summed E-state index contributed by atoms with van der Waals surface area (Å²) in [4.78, 5) is 43.9. The Morgan fingerprint density at radius 2 is 2.00 bits per heavy atom. The third-order valence-corrected chi connectivity index (χ3v) is 7.03. The Bertz CT molecular complexity index is 1270. The Morgan fingerprint density at radius 3 is 2.81 bits per heavy atom. The minimum Gasteiger partial charge on any atom is -0.319 e. The lowest BCUT2D eigenvalue weighted by molar-refractivity contribution is -0.134. The van der Waals surface area contributed by atoms with Gasteiger partial charge in [-0.3, -0.25) is 14.5 Å². The van der Waals surface area contributed by atoms with Crippen molar-refractivity contribution in [2.24, 2.45) is 0 Å². The maximum Gasteiger partial charge on any atom is 0.325 e. The number of imide groups is 1. The molecule has 32 heavy (non-hydrogen) atoms. The molecule has 0 bridgehead atoms. The standard InChI is InChI=1S/C24H22N4O3S/c1-14-7-8-17(11-15(14)2)19-13-32-22(25-19)26-20(29)12-28-21(30)24(27-23(28)31)10-9-16-5-3-4-6-18(16)24/h3-8,11,13H,9-10,12H2,1-2H3,(H,27,31)(H,25,26,29). The van der Waals surface area contributed by atoms with Gasteiger partial charge < -0.3 is 10.6 Å². The zero-order chi connectivity index (χ0) is 22.5. The highest BCUT2D eigenvalue weighted by Gasteiger charge is 2.55. The summed E-state index contributed by atoms with van der Waals surface area (Å²) < 4.78 is 0. The molecule has 2 aromatic carbocycles. The summed E-state index contributed by atoms with van der Waals surface area (Å²) in [5, 5.41) is 7.85. The molecule has 1 unspecified atom stereocenters. The molecule has 1 aliphatic carbocycles. The summed E-state index contributed by atoms with van der Waals surface area (Å²) in [7, 11) is 0. The monoisotopic (exact) mass is 446 g/mol. The van der Waals surface area contributed by atoms with Crippen molar-refractivity contribution in [3.63, 3.8) is 0 Å². The Balaban J connectivity index is 1.29. The molecule has 7 nitrogen and oxygen atoms in total. The molecular formula is C24H22N4O3S. The zero-order valence-corrected chi connectivity index (χ0v) is 18.6. The van der Waals surface area contributed by atoms with Gasteiger partial charge in [-0.15, -0.1) is 11.3 Å². The minimum atomic E-state index is -1.06. The highest BCUT2D eigenvalue weighted by molar-refractivity contribution is 7.14. The van der Waals surface area contributed by atoms with Crippen molar-refractivity contribution in [2.75, 3.05) is 11.9 Å². The van der Waals surface area contributed by atoms with Gasteiger partial charge in [0.2, 0.25) is 5.91 Å². The first-order valence-electron chi connectivity index (χ1n) is 10.4. The maximum absolute atomic E-state index is 13.2. The van der Waals surface area contributed by atoms with Crippen molar-refractivity contribution >= 4 is 34.3 Å². The van der Waals surface area contributed by atoms with E-state index >= 15 is 0 Å². The molecule has 1 atom stereocenters. The number of aryl methyl sites for hydroxylation is 3. The van der Waals surface area contributed by atoms with Crippen LogP contribution in [0.25, 0.3) is 11.3 Å². The van der Waals surface area contributed by atoms with Crippen molar-refractivity contribution in [3.05, 3.63) is 70.1 Å². The van der Waals surface area contributed by atoms with Crippen LogP contribution in [-0.4, -0.2) is 34.3 Å². The second-order valence-corrected chi connectivity index (χ2v) is 9.13. The number of anilines is 1. The van der Waals surface area contributed by atoms with E-state index in [0.29, 0.717) is 18.0 Å². The van der Waals surface area contributed by atoms with Gasteiger partial charge in [0.25, 0.3) is 5.91 Å². The van der Waals surface area contributed by atoms with E-state index < -0.39 is 17.5 Å². The molecule has 2 N–H and O–H groups in total. The number of carbonyl (C=O) groups excluding carboxylic acids is 3. The van der Waals surface area contributed by atoms with Crippen LogP contribution >= 0.6 is 11.3 Å². The number of benzene rings is 2. The Labute approximate surface area is 189 Å². The predicted octanol–water partition coefficient (Wildman–Crippen LogP) is 3.76. The SMILES string of the molecule is Cc1ccc(-c2csc(NC(=O)CN3C(=O)NC4(CCc5ccccc54)C3=O)n2)cc1C. The summed E-state index contributed by atoms with van der Waals surface area (Å²) in [5.41, 5.74) is 4.92. The number of urea groups is 1. The smallest absolute Gasteiger partial charge is 0.319 e. The van der Waals surface area contributed by atoms with Gasteiger partial charge in [0.15, 0.2) is 5.13 Å². The zero-order valence-electron chi connectivity index (χ0n) is 17.8. The predicted molar refractivity (Wildman–Crippen MR) is 122 cm³/mol. The third kappa shape index (κ3) is 3.27. The fourth-order valence-electron chi connectivity index (χ4n) is 4.40.